The van der Waals surface area contributed by atoms with Crippen LogP contribution in [0.2, 0.25) is 0 Å². The van der Waals surface area contributed by atoms with Crippen LogP contribution in [0.5, 0.6) is 0 Å². The van der Waals surface area contributed by atoms with Crippen molar-refractivity contribution in [1.82, 2.24) is 0 Å². The highest BCUT2D eigenvalue weighted by molar-refractivity contribution is 5.84. The van der Waals surface area contributed by atoms with Crippen LogP contribution in [-0.2, 0) is 0 Å². The lowest BCUT2D eigenvalue weighted by Gasteiger charge is -2.45. The molecule has 1 aliphatic rings. The number of nitrogens with zero attached hydrogens (tertiary/aromatic N) is 3. The van der Waals surface area contributed by atoms with Crippen LogP contribution in [0.25, 0.3) is 0 Å². The van der Waals surface area contributed by atoms with Crippen molar-refractivity contribution in [1.29, 1.82) is 0 Å². The molecule has 1 unspecified atom stereocenters. The minimum Gasteiger partial charge on any atom is -0.369 e. The average Bonchev–Trinajstić information content (AvgIpc) is 2.58. The molecule has 1 aliphatic heterocycles. The molecule has 3 rings (SSSR count). The first kappa shape index (κ1) is 18.0. The van der Waals surface area contributed by atoms with Crippen LogP contribution >= 0.6 is 0 Å². The van der Waals surface area contributed by atoms with E-state index in [0.717, 1.165) is 17.7 Å². The van der Waals surface area contributed by atoms with Gasteiger partial charge in [0.2, 0.25) is 0 Å². The summed E-state index contributed by atoms with van der Waals surface area (Å²) in [5.41, 5.74) is 2.73. The van der Waals surface area contributed by atoms with E-state index in [2.05, 4.69) is 30.7 Å². The molecule has 0 aromatic heterocycles. The largest absolute Gasteiger partial charge is 0.369 e. The number of fused-ring (bicyclic) bond motifs is 1. The summed E-state index contributed by atoms with van der Waals surface area (Å²) in [6.45, 7) is 6.46. The van der Waals surface area contributed by atoms with Crippen LogP contribution < -0.4 is 4.90 Å². The molecule has 0 saturated carbocycles. The van der Waals surface area contributed by atoms with Crippen molar-refractivity contribution in [3.05, 3.63) is 63.5 Å². The Morgan fingerprint density at radius 1 is 1.35 bits per heavy atom. The molecule has 2 aromatic rings. The predicted octanol–water partition coefficient (Wildman–Crippen LogP) is 5.21. The Balaban J connectivity index is 1.97. The van der Waals surface area contributed by atoms with Gasteiger partial charge >= 0.3 is 0 Å². The zero-order valence-electron chi connectivity index (χ0n) is 15.4. The van der Waals surface area contributed by atoms with E-state index in [1.807, 2.05) is 13.1 Å². The first-order valence-electron chi connectivity index (χ1n) is 8.55. The third kappa shape index (κ3) is 3.31. The summed E-state index contributed by atoms with van der Waals surface area (Å²) in [5.74, 6) is -0.0450. The fourth-order valence-corrected chi connectivity index (χ4v) is 3.53. The van der Waals surface area contributed by atoms with Gasteiger partial charge in [0, 0.05) is 42.2 Å². The highest BCUT2D eigenvalue weighted by Gasteiger charge is 2.34. The summed E-state index contributed by atoms with van der Waals surface area (Å²) in [4.78, 5) is 16.7. The third-order valence-electron chi connectivity index (χ3n) is 5.15. The molecule has 26 heavy (non-hydrogen) atoms. The quantitative estimate of drug-likeness (QED) is 0.431. The van der Waals surface area contributed by atoms with Crippen molar-refractivity contribution < 1.29 is 9.31 Å². The molecule has 0 radical (unpaired) electrons. The summed E-state index contributed by atoms with van der Waals surface area (Å²) >= 11 is 0. The van der Waals surface area contributed by atoms with E-state index in [9.17, 15) is 14.5 Å². The highest BCUT2D eigenvalue weighted by Crippen LogP contribution is 2.43. The second kappa shape index (κ2) is 6.52. The molecular weight excluding hydrogens is 333 g/mol. The van der Waals surface area contributed by atoms with Crippen molar-refractivity contribution >= 4 is 23.3 Å². The Bertz CT molecular complexity index is 893. The van der Waals surface area contributed by atoms with Gasteiger partial charge in [0.15, 0.2) is 0 Å². The summed E-state index contributed by atoms with van der Waals surface area (Å²) < 4.78 is 14.6. The van der Waals surface area contributed by atoms with Gasteiger partial charge in [-0.3, -0.25) is 15.1 Å². The molecule has 0 spiro atoms. The highest BCUT2D eigenvalue weighted by atomic mass is 19.1. The number of aliphatic imine (C=N–C) groups is 1. The van der Waals surface area contributed by atoms with Crippen LogP contribution in [-0.4, -0.2) is 23.7 Å². The molecule has 0 saturated heterocycles. The molecular formula is C20H22FN3O2. The number of hydrogen-bond acceptors (Lipinski definition) is 4. The Morgan fingerprint density at radius 2 is 2.08 bits per heavy atom. The maximum Gasteiger partial charge on any atom is 0.271 e. The lowest BCUT2D eigenvalue weighted by Crippen LogP contribution is -2.45. The minimum atomic E-state index is -0.474. The van der Waals surface area contributed by atoms with Gasteiger partial charge in [0.05, 0.1) is 10.6 Å². The monoisotopic (exact) mass is 355 g/mol. The number of non-ortho nitro benzene ring substituents is 1. The van der Waals surface area contributed by atoms with Crippen molar-refractivity contribution in [2.24, 2.45) is 4.99 Å². The van der Waals surface area contributed by atoms with E-state index in [-0.39, 0.29) is 17.0 Å². The zero-order chi connectivity index (χ0) is 19.1. The van der Waals surface area contributed by atoms with Gasteiger partial charge in [-0.15, -0.1) is 0 Å². The van der Waals surface area contributed by atoms with Crippen molar-refractivity contribution in [3.8, 4) is 0 Å². The second-order valence-corrected chi connectivity index (χ2v) is 7.44. The maximum atomic E-state index is 14.6. The van der Waals surface area contributed by atoms with Gasteiger partial charge in [0.25, 0.3) is 5.69 Å². The molecule has 0 amide bonds. The Kier molecular flexibility index (Phi) is 4.52. The molecule has 0 aliphatic carbocycles. The standard InChI is InChI=1S/C20H22FN3O2/c1-13-11-20(2,3)23(4)19-10-18(21)14(8-17(13)19)12-22-15-6-5-7-16(9-15)24(25)26/h5-10,12-13H,11H2,1-4H3. The first-order chi connectivity index (χ1) is 12.2. The van der Waals surface area contributed by atoms with Gasteiger partial charge in [-0.25, -0.2) is 4.39 Å². The number of nitro benzene ring substituents is 1. The van der Waals surface area contributed by atoms with Gasteiger partial charge in [-0.1, -0.05) is 13.0 Å². The van der Waals surface area contributed by atoms with Crippen LogP contribution in [0, 0.1) is 15.9 Å². The summed E-state index contributed by atoms with van der Waals surface area (Å²) in [6, 6.07) is 9.37. The average molecular weight is 355 g/mol. The lowest BCUT2D eigenvalue weighted by atomic mass is 9.80. The summed E-state index contributed by atoms with van der Waals surface area (Å²) in [7, 11) is 1.99. The van der Waals surface area contributed by atoms with Crippen molar-refractivity contribution in [3.63, 3.8) is 0 Å². The van der Waals surface area contributed by atoms with E-state index < -0.39 is 4.92 Å². The number of rotatable bonds is 3. The van der Waals surface area contributed by atoms with E-state index in [0.29, 0.717) is 17.2 Å². The molecule has 1 atom stereocenters. The fourth-order valence-electron chi connectivity index (χ4n) is 3.53. The number of halogens is 1. The van der Waals surface area contributed by atoms with Crippen molar-refractivity contribution in [2.45, 2.75) is 38.6 Å². The van der Waals surface area contributed by atoms with Crippen LogP contribution in [0.15, 0.2) is 41.4 Å². The summed E-state index contributed by atoms with van der Waals surface area (Å²) in [6.07, 6.45) is 2.41. The molecule has 6 heteroatoms. The zero-order valence-corrected chi connectivity index (χ0v) is 15.4. The SMILES string of the molecule is CC1CC(C)(C)N(C)c2cc(F)c(C=Nc3cccc([N+](=O)[O-])c3)cc21. The van der Waals surface area contributed by atoms with Gasteiger partial charge in [0.1, 0.15) is 5.82 Å². The van der Waals surface area contributed by atoms with Crippen LogP contribution in [0.4, 0.5) is 21.5 Å². The van der Waals surface area contributed by atoms with Crippen LogP contribution in [0.1, 0.15) is 44.2 Å². The normalized spacial score (nSPS) is 18.8. The molecule has 5 nitrogen and oxygen atoms in total. The fraction of sp³-hybridized carbons (Fsp3) is 0.350. The Morgan fingerprint density at radius 3 is 2.77 bits per heavy atom. The van der Waals surface area contributed by atoms with Gasteiger partial charge in [-0.2, -0.15) is 0 Å². The third-order valence-corrected chi connectivity index (χ3v) is 5.15. The Labute approximate surface area is 152 Å². The number of nitro groups is 1. The topological polar surface area (TPSA) is 58.7 Å². The van der Waals surface area contributed by atoms with Gasteiger partial charge < -0.3 is 4.90 Å². The van der Waals surface area contributed by atoms with E-state index in [4.69, 9.17) is 0 Å². The first-order valence-corrected chi connectivity index (χ1v) is 8.55. The smallest absolute Gasteiger partial charge is 0.271 e. The maximum absolute atomic E-state index is 14.6. The number of benzene rings is 2. The number of anilines is 1. The predicted molar refractivity (Wildman–Crippen MR) is 102 cm³/mol. The van der Waals surface area contributed by atoms with E-state index in [1.165, 1.54) is 18.3 Å². The van der Waals surface area contributed by atoms with Crippen molar-refractivity contribution in [2.75, 3.05) is 11.9 Å². The Hall–Kier alpha value is -2.76. The molecule has 0 fully saturated rings. The molecule has 0 bridgehead atoms. The molecule has 2 aromatic carbocycles. The van der Waals surface area contributed by atoms with Gasteiger partial charge in [-0.05, 0) is 49.9 Å². The molecule has 136 valence electrons. The van der Waals surface area contributed by atoms with E-state index in [1.54, 1.807) is 18.2 Å². The number of hydrogen-bond donors (Lipinski definition) is 0. The second-order valence-electron chi connectivity index (χ2n) is 7.44. The molecule has 1 heterocycles. The minimum absolute atomic E-state index is 0.0303. The summed E-state index contributed by atoms with van der Waals surface area (Å²) in [5, 5.41) is 10.9. The molecule has 0 N–H and O–H groups in total. The lowest BCUT2D eigenvalue weighted by molar-refractivity contribution is -0.384. The van der Waals surface area contributed by atoms with E-state index >= 15 is 0 Å². The van der Waals surface area contributed by atoms with Crippen LogP contribution in [0.3, 0.4) is 0 Å².